The third kappa shape index (κ3) is 4.03. The van der Waals surface area contributed by atoms with Crippen LogP contribution in [0.15, 0.2) is 0 Å². The van der Waals surface area contributed by atoms with Gasteiger partial charge in [-0.2, -0.15) is 0 Å². The van der Waals surface area contributed by atoms with Gasteiger partial charge in [0.2, 0.25) is 0 Å². The van der Waals surface area contributed by atoms with E-state index in [2.05, 4.69) is 26.1 Å². The van der Waals surface area contributed by atoms with Crippen LogP contribution in [0, 0.1) is 10.8 Å². The Morgan fingerprint density at radius 2 is 1.43 bits per heavy atom. The molecule has 1 saturated carbocycles. The summed E-state index contributed by atoms with van der Waals surface area (Å²) >= 11 is 0. The van der Waals surface area contributed by atoms with Crippen molar-refractivity contribution in [3.8, 4) is 0 Å². The van der Waals surface area contributed by atoms with Crippen LogP contribution in [0.5, 0.6) is 0 Å². The minimum atomic E-state index is 0.490. The molecule has 21 heavy (non-hydrogen) atoms. The largest absolute Gasteiger partial charge is 0.313 e. The van der Waals surface area contributed by atoms with Gasteiger partial charge in [-0.1, -0.05) is 78.6 Å². The first-order valence-corrected chi connectivity index (χ1v) is 9.86. The van der Waals surface area contributed by atoms with E-state index in [9.17, 15) is 0 Å². The van der Waals surface area contributed by atoms with Gasteiger partial charge in [-0.3, -0.25) is 0 Å². The van der Waals surface area contributed by atoms with E-state index in [1.165, 1.54) is 90.0 Å². The van der Waals surface area contributed by atoms with Crippen molar-refractivity contribution in [2.24, 2.45) is 10.8 Å². The van der Waals surface area contributed by atoms with Gasteiger partial charge < -0.3 is 5.32 Å². The number of rotatable bonds is 1. The lowest BCUT2D eigenvalue weighted by Gasteiger charge is -2.52. The van der Waals surface area contributed by atoms with E-state index < -0.39 is 0 Å². The summed E-state index contributed by atoms with van der Waals surface area (Å²) in [5.41, 5.74) is 1.01. The van der Waals surface area contributed by atoms with E-state index in [-0.39, 0.29) is 0 Å². The van der Waals surface area contributed by atoms with E-state index in [1.54, 1.807) is 0 Å². The van der Waals surface area contributed by atoms with Crippen molar-refractivity contribution in [1.29, 1.82) is 0 Å². The smallest absolute Gasteiger partial charge is 0.0126 e. The molecule has 2 rings (SSSR count). The minimum Gasteiger partial charge on any atom is -0.313 e. The summed E-state index contributed by atoms with van der Waals surface area (Å²) in [6.07, 6.45) is 18.6. The van der Waals surface area contributed by atoms with Crippen LogP contribution in [-0.4, -0.2) is 12.6 Å². The second-order valence-electron chi connectivity index (χ2n) is 8.31. The molecule has 3 atom stereocenters. The fourth-order valence-electron chi connectivity index (χ4n) is 5.05. The highest BCUT2D eigenvalue weighted by Gasteiger charge is 2.47. The predicted octanol–water partition coefficient (Wildman–Crippen LogP) is 6.08. The standard InChI is InChI=1S/C20H39N/c1-4-19(2)15-11-8-6-10-14-18-20(19,3)16-12-7-5-9-13-17-21-18/h18,21H,4-17H2,1-3H3. The Balaban J connectivity index is 2.25. The Morgan fingerprint density at radius 1 is 0.810 bits per heavy atom. The fourth-order valence-corrected chi connectivity index (χ4v) is 5.05. The highest BCUT2D eigenvalue weighted by atomic mass is 14.9. The summed E-state index contributed by atoms with van der Waals surface area (Å²) in [4.78, 5) is 0. The first-order valence-electron chi connectivity index (χ1n) is 9.86. The quantitative estimate of drug-likeness (QED) is 0.618. The maximum Gasteiger partial charge on any atom is 0.0126 e. The Kier molecular flexibility index (Phi) is 6.59. The molecule has 2 fully saturated rings. The van der Waals surface area contributed by atoms with Gasteiger partial charge in [-0.25, -0.2) is 0 Å². The molecule has 3 unspecified atom stereocenters. The van der Waals surface area contributed by atoms with Gasteiger partial charge in [-0.05, 0) is 43.1 Å². The van der Waals surface area contributed by atoms with Gasteiger partial charge in [0.25, 0.3) is 0 Å². The molecule has 0 radical (unpaired) electrons. The lowest BCUT2D eigenvalue weighted by Crippen LogP contribution is -2.53. The van der Waals surface area contributed by atoms with Crippen molar-refractivity contribution in [1.82, 2.24) is 5.32 Å². The molecule has 0 aromatic heterocycles. The summed E-state index contributed by atoms with van der Waals surface area (Å²) in [5, 5.41) is 4.02. The maximum absolute atomic E-state index is 4.02. The average Bonchev–Trinajstić information content (AvgIpc) is 2.54. The van der Waals surface area contributed by atoms with Crippen molar-refractivity contribution in [3.63, 3.8) is 0 Å². The Labute approximate surface area is 133 Å². The first kappa shape index (κ1) is 17.3. The second-order valence-corrected chi connectivity index (χ2v) is 8.31. The SMILES string of the molecule is CCC1(C)CCCCCCC2NCCCCCCCC21C. The predicted molar refractivity (Wildman–Crippen MR) is 93.7 cm³/mol. The third-order valence-corrected chi connectivity index (χ3v) is 7.16. The van der Waals surface area contributed by atoms with Gasteiger partial charge in [0, 0.05) is 6.04 Å². The zero-order valence-electron chi connectivity index (χ0n) is 15.0. The van der Waals surface area contributed by atoms with Crippen LogP contribution in [0.3, 0.4) is 0 Å². The van der Waals surface area contributed by atoms with E-state index in [0.717, 1.165) is 6.04 Å². The molecule has 0 aromatic rings. The Bertz CT molecular complexity index is 300. The van der Waals surface area contributed by atoms with Crippen LogP contribution in [0.25, 0.3) is 0 Å². The molecule has 0 bridgehead atoms. The van der Waals surface area contributed by atoms with Crippen LogP contribution < -0.4 is 5.32 Å². The number of nitrogens with one attached hydrogen (secondary N) is 1. The summed E-state index contributed by atoms with van der Waals surface area (Å²) in [7, 11) is 0. The van der Waals surface area contributed by atoms with Crippen LogP contribution in [0.2, 0.25) is 0 Å². The third-order valence-electron chi connectivity index (χ3n) is 7.16. The molecular formula is C20H39N. The van der Waals surface area contributed by atoms with Crippen LogP contribution >= 0.6 is 0 Å². The Hall–Kier alpha value is -0.0400. The molecular weight excluding hydrogens is 254 g/mol. The van der Waals surface area contributed by atoms with E-state index >= 15 is 0 Å². The molecule has 1 aliphatic carbocycles. The van der Waals surface area contributed by atoms with Crippen LogP contribution in [0.4, 0.5) is 0 Å². The highest BCUT2D eigenvalue weighted by Crippen LogP contribution is 2.53. The Morgan fingerprint density at radius 3 is 2.19 bits per heavy atom. The van der Waals surface area contributed by atoms with E-state index in [4.69, 9.17) is 0 Å². The lowest BCUT2D eigenvalue weighted by atomic mass is 9.56. The van der Waals surface area contributed by atoms with Gasteiger partial charge in [-0.15, -0.1) is 0 Å². The van der Waals surface area contributed by atoms with Crippen molar-refractivity contribution in [2.45, 2.75) is 110 Å². The summed E-state index contributed by atoms with van der Waals surface area (Å²) in [5.74, 6) is 0. The summed E-state index contributed by atoms with van der Waals surface area (Å²) in [6.45, 7) is 8.94. The molecule has 0 spiro atoms. The normalized spacial score (nSPS) is 40.4. The molecule has 1 N–H and O–H groups in total. The summed E-state index contributed by atoms with van der Waals surface area (Å²) in [6, 6.07) is 0.749. The minimum absolute atomic E-state index is 0.490. The fraction of sp³-hybridized carbons (Fsp3) is 1.00. The van der Waals surface area contributed by atoms with Crippen LogP contribution in [-0.2, 0) is 0 Å². The first-order chi connectivity index (χ1) is 10.1. The van der Waals surface area contributed by atoms with Crippen molar-refractivity contribution < 1.29 is 0 Å². The molecule has 1 nitrogen and oxygen atoms in total. The lowest BCUT2D eigenvalue weighted by molar-refractivity contribution is 0.000177. The topological polar surface area (TPSA) is 12.0 Å². The monoisotopic (exact) mass is 293 g/mol. The van der Waals surface area contributed by atoms with Crippen molar-refractivity contribution >= 4 is 0 Å². The van der Waals surface area contributed by atoms with E-state index in [1.807, 2.05) is 0 Å². The number of hydrogen-bond donors (Lipinski definition) is 1. The molecule has 124 valence electrons. The van der Waals surface area contributed by atoms with Gasteiger partial charge >= 0.3 is 0 Å². The molecule has 1 aliphatic heterocycles. The molecule has 0 amide bonds. The zero-order valence-corrected chi connectivity index (χ0v) is 15.0. The molecule has 0 aromatic carbocycles. The van der Waals surface area contributed by atoms with Gasteiger partial charge in [0.1, 0.15) is 0 Å². The van der Waals surface area contributed by atoms with Crippen LogP contribution in [0.1, 0.15) is 104 Å². The molecule has 1 heterocycles. The zero-order chi connectivity index (χ0) is 15.2. The van der Waals surface area contributed by atoms with Gasteiger partial charge in [0.05, 0.1) is 0 Å². The second kappa shape index (κ2) is 7.99. The van der Waals surface area contributed by atoms with E-state index in [0.29, 0.717) is 10.8 Å². The van der Waals surface area contributed by atoms with Crippen molar-refractivity contribution in [3.05, 3.63) is 0 Å². The number of hydrogen-bond acceptors (Lipinski definition) is 1. The summed E-state index contributed by atoms with van der Waals surface area (Å²) < 4.78 is 0. The maximum atomic E-state index is 4.02. The molecule has 2 aliphatic rings. The number of fused-ring (bicyclic) bond motifs is 1. The molecule has 1 heteroatoms. The van der Waals surface area contributed by atoms with Crippen molar-refractivity contribution in [2.75, 3.05) is 6.54 Å². The highest BCUT2D eigenvalue weighted by molar-refractivity contribution is 5.00. The van der Waals surface area contributed by atoms with Gasteiger partial charge in [0.15, 0.2) is 0 Å². The molecule has 1 saturated heterocycles. The average molecular weight is 294 g/mol.